The van der Waals surface area contributed by atoms with Crippen LogP contribution in [0.25, 0.3) is 0 Å². The predicted octanol–water partition coefficient (Wildman–Crippen LogP) is 2.60. The predicted molar refractivity (Wildman–Crippen MR) is 124 cm³/mol. The van der Waals surface area contributed by atoms with Gasteiger partial charge in [0.05, 0.1) is 18.8 Å². The van der Waals surface area contributed by atoms with Gasteiger partial charge in [0.15, 0.2) is 0 Å². The second kappa shape index (κ2) is 12.3. The molecule has 0 saturated carbocycles. The lowest BCUT2D eigenvalue weighted by Gasteiger charge is -2.20. The minimum absolute atomic E-state index is 0.119. The van der Waals surface area contributed by atoms with E-state index in [-0.39, 0.29) is 19.6 Å². The Morgan fingerprint density at radius 3 is 2.15 bits per heavy atom. The number of amides is 2. The Bertz CT molecular complexity index is 1040. The first-order chi connectivity index (χ1) is 16.0. The third-order valence-electron chi connectivity index (χ3n) is 5.01. The second-order valence-corrected chi connectivity index (χ2v) is 7.56. The van der Waals surface area contributed by atoms with Crippen LogP contribution in [0.1, 0.15) is 23.7 Å². The maximum atomic E-state index is 12.9. The molecule has 0 saturated heterocycles. The first kappa shape index (κ1) is 23.8. The average Bonchev–Trinajstić information content (AvgIpc) is 2.86. The highest BCUT2D eigenvalue weighted by atomic mass is 16.5. The maximum absolute atomic E-state index is 12.9. The molecule has 0 aliphatic heterocycles. The minimum Gasteiger partial charge on any atom is -0.364 e. The van der Waals surface area contributed by atoms with Crippen molar-refractivity contribution < 1.29 is 19.1 Å². The molecule has 2 N–H and O–H groups in total. The Kier molecular flexibility index (Phi) is 8.85. The molecule has 0 bridgehead atoms. The van der Waals surface area contributed by atoms with Crippen LogP contribution in [0, 0.1) is 0 Å². The first-order valence-electron chi connectivity index (χ1n) is 10.7. The van der Waals surface area contributed by atoms with Gasteiger partial charge in [0.2, 0.25) is 11.7 Å². The zero-order chi connectivity index (χ0) is 23.5. The van der Waals surface area contributed by atoms with E-state index in [0.717, 1.165) is 11.1 Å². The number of hydrogen-bond acceptors (Lipinski definition) is 5. The van der Waals surface area contributed by atoms with Gasteiger partial charge in [-0.25, -0.2) is 0 Å². The maximum Gasteiger partial charge on any atom is 0.289 e. The third kappa shape index (κ3) is 7.66. The second-order valence-electron chi connectivity index (χ2n) is 7.56. The standard InChI is InChI=1S/C26H27N3O4/c1-19(33-18-21-12-6-3-7-13-21)25(31)29-23(16-20-10-4-2-5-11-20)24(30)26(32)28-17-22-14-8-9-15-27-22/h2-15,19,23H,16-18H2,1H3,(H,28,32)(H,29,31)/t19-,23-/m1/s1. The number of ketones is 1. The largest absolute Gasteiger partial charge is 0.364 e. The van der Waals surface area contributed by atoms with Crippen molar-refractivity contribution in [1.82, 2.24) is 15.6 Å². The van der Waals surface area contributed by atoms with Gasteiger partial charge in [0.1, 0.15) is 12.1 Å². The molecular weight excluding hydrogens is 418 g/mol. The molecule has 33 heavy (non-hydrogen) atoms. The van der Waals surface area contributed by atoms with Gasteiger partial charge in [-0.15, -0.1) is 0 Å². The number of aromatic nitrogens is 1. The lowest BCUT2D eigenvalue weighted by atomic mass is 10.0. The minimum atomic E-state index is -1.02. The first-order valence-corrected chi connectivity index (χ1v) is 10.7. The molecule has 3 aromatic rings. The molecule has 0 unspecified atom stereocenters. The van der Waals surface area contributed by atoms with Crippen LogP contribution in [-0.4, -0.2) is 34.7 Å². The Morgan fingerprint density at radius 1 is 0.879 bits per heavy atom. The number of ether oxygens (including phenoxy) is 1. The number of carbonyl (C=O) groups excluding carboxylic acids is 3. The van der Waals surface area contributed by atoms with E-state index in [2.05, 4.69) is 15.6 Å². The monoisotopic (exact) mass is 445 g/mol. The van der Waals surface area contributed by atoms with Gasteiger partial charge < -0.3 is 15.4 Å². The van der Waals surface area contributed by atoms with Gasteiger partial charge in [-0.3, -0.25) is 19.4 Å². The highest BCUT2D eigenvalue weighted by molar-refractivity contribution is 6.38. The van der Waals surface area contributed by atoms with E-state index in [1.165, 1.54) is 0 Å². The molecular formula is C26H27N3O4. The summed E-state index contributed by atoms with van der Waals surface area (Å²) in [6, 6.07) is 23.0. The summed E-state index contributed by atoms with van der Waals surface area (Å²) in [5.41, 5.74) is 2.39. The van der Waals surface area contributed by atoms with E-state index in [0.29, 0.717) is 5.69 Å². The fraction of sp³-hybridized carbons (Fsp3) is 0.231. The Morgan fingerprint density at radius 2 is 1.52 bits per heavy atom. The van der Waals surface area contributed by atoms with Crippen LogP contribution < -0.4 is 10.6 Å². The van der Waals surface area contributed by atoms with Crippen molar-refractivity contribution in [3.8, 4) is 0 Å². The molecule has 170 valence electrons. The van der Waals surface area contributed by atoms with Crippen LogP contribution in [0.5, 0.6) is 0 Å². The van der Waals surface area contributed by atoms with Gasteiger partial charge in [0, 0.05) is 12.6 Å². The fourth-order valence-electron chi connectivity index (χ4n) is 3.14. The van der Waals surface area contributed by atoms with Gasteiger partial charge in [-0.2, -0.15) is 0 Å². The van der Waals surface area contributed by atoms with Crippen LogP contribution in [-0.2, 0) is 38.7 Å². The van der Waals surface area contributed by atoms with Gasteiger partial charge in [-0.05, 0) is 30.2 Å². The normalized spacial score (nSPS) is 12.4. The number of nitrogens with zero attached hydrogens (tertiary/aromatic N) is 1. The zero-order valence-corrected chi connectivity index (χ0v) is 18.4. The highest BCUT2D eigenvalue weighted by Gasteiger charge is 2.29. The number of carbonyl (C=O) groups is 3. The third-order valence-corrected chi connectivity index (χ3v) is 5.01. The van der Waals surface area contributed by atoms with Gasteiger partial charge in [-0.1, -0.05) is 66.7 Å². The molecule has 0 fully saturated rings. The molecule has 7 nitrogen and oxygen atoms in total. The van der Waals surface area contributed by atoms with Crippen molar-refractivity contribution in [1.29, 1.82) is 0 Å². The quantitative estimate of drug-likeness (QED) is 0.442. The van der Waals surface area contributed by atoms with Gasteiger partial charge in [0.25, 0.3) is 5.91 Å². The van der Waals surface area contributed by atoms with Crippen molar-refractivity contribution >= 4 is 17.6 Å². The number of benzene rings is 2. The van der Waals surface area contributed by atoms with Gasteiger partial charge >= 0.3 is 0 Å². The molecule has 0 radical (unpaired) electrons. The molecule has 2 amide bonds. The average molecular weight is 446 g/mol. The number of Topliss-reactive ketones (excluding diaryl/α,β-unsaturated/α-hetero) is 1. The Hall–Kier alpha value is -3.84. The molecule has 0 aliphatic rings. The zero-order valence-electron chi connectivity index (χ0n) is 18.4. The smallest absolute Gasteiger partial charge is 0.289 e. The van der Waals surface area contributed by atoms with Crippen molar-refractivity contribution in [2.45, 2.75) is 38.6 Å². The summed E-state index contributed by atoms with van der Waals surface area (Å²) in [6.07, 6.45) is 1.000. The number of rotatable bonds is 11. The molecule has 2 atom stereocenters. The van der Waals surface area contributed by atoms with Crippen molar-refractivity contribution in [3.63, 3.8) is 0 Å². The van der Waals surface area contributed by atoms with Crippen molar-refractivity contribution in [3.05, 3.63) is 102 Å². The van der Waals surface area contributed by atoms with Crippen molar-refractivity contribution in [2.75, 3.05) is 0 Å². The summed E-state index contributed by atoms with van der Waals surface area (Å²) in [4.78, 5) is 42.3. The Balaban J connectivity index is 1.63. The van der Waals surface area contributed by atoms with E-state index >= 15 is 0 Å². The summed E-state index contributed by atoms with van der Waals surface area (Å²) in [5, 5.41) is 5.27. The summed E-state index contributed by atoms with van der Waals surface area (Å²) in [5.74, 6) is -1.96. The van der Waals surface area contributed by atoms with Crippen molar-refractivity contribution in [2.24, 2.45) is 0 Å². The van der Waals surface area contributed by atoms with Crippen LogP contribution in [0.15, 0.2) is 85.1 Å². The number of pyridine rings is 1. The summed E-state index contributed by atoms with van der Waals surface area (Å²) >= 11 is 0. The van der Waals surface area contributed by atoms with E-state index in [1.54, 1.807) is 31.3 Å². The highest BCUT2D eigenvalue weighted by Crippen LogP contribution is 2.07. The summed E-state index contributed by atoms with van der Waals surface area (Å²) in [6.45, 7) is 1.99. The molecule has 3 rings (SSSR count). The van der Waals surface area contributed by atoms with E-state index in [9.17, 15) is 14.4 Å². The molecule has 7 heteroatoms. The molecule has 0 spiro atoms. The lowest BCUT2D eigenvalue weighted by Crippen LogP contribution is -2.51. The topological polar surface area (TPSA) is 97.4 Å². The molecule has 0 aliphatic carbocycles. The number of nitrogens with one attached hydrogen (secondary N) is 2. The van der Waals surface area contributed by atoms with Crippen LogP contribution in [0.2, 0.25) is 0 Å². The SMILES string of the molecule is C[C@@H](OCc1ccccc1)C(=O)N[C@H](Cc1ccccc1)C(=O)C(=O)NCc1ccccn1. The molecule has 1 aromatic heterocycles. The lowest BCUT2D eigenvalue weighted by molar-refractivity contribution is -0.141. The summed E-state index contributed by atoms with van der Waals surface area (Å²) < 4.78 is 5.65. The van der Waals surface area contributed by atoms with Crippen LogP contribution in [0.3, 0.4) is 0 Å². The van der Waals surface area contributed by atoms with Crippen LogP contribution in [0.4, 0.5) is 0 Å². The van der Waals surface area contributed by atoms with Crippen LogP contribution >= 0.6 is 0 Å². The van der Waals surface area contributed by atoms with E-state index in [4.69, 9.17) is 4.74 Å². The molecule has 2 aromatic carbocycles. The fourth-order valence-corrected chi connectivity index (χ4v) is 3.14. The Labute approximate surface area is 193 Å². The molecule has 1 heterocycles. The number of hydrogen-bond donors (Lipinski definition) is 2. The van der Waals surface area contributed by atoms with E-state index in [1.807, 2.05) is 60.7 Å². The summed E-state index contributed by atoms with van der Waals surface area (Å²) in [7, 11) is 0. The van der Waals surface area contributed by atoms with E-state index < -0.39 is 29.7 Å².